The van der Waals surface area contributed by atoms with Crippen LogP contribution in [0.15, 0.2) is 30.3 Å². The van der Waals surface area contributed by atoms with Gasteiger partial charge in [-0.2, -0.15) is 0 Å². The van der Waals surface area contributed by atoms with Crippen LogP contribution in [0.4, 0.5) is 0 Å². The fraction of sp³-hybridized carbons (Fsp3) is 0.611. The van der Waals surface area contributed by atoms with E-state index in [2.05, 4.69) is 30.8 Å². The molecule has 0 saturated carbocycles. The highest BCUT2D eigenvalue weighted by Crippen LogP contribution is 2.19. The molecule has 1 unspecified atom stereocenters. The number of carbonyl (C=O) groups excluding carboxylic acids is 1. The van der Waals surface area contributed by atoms with E-state index in [9.17, 15) is 4.79 Å². The summed E-state index contributed by atoms with van der Waals surface area (Å²) in [7, 11) is 4.29. The van der Waals surface area contributed by atoms with E-state index in [0.29, 0.717) is 0 Å². The van der Waals surface area contributed by atoms with Gasteiger partial charge in [0.05, 0.1) is 0 Å². The quantitative estimate of drug-likeness (QED) is 0.752. The van der Waals surface area contributed by atoms with Gasteiger partial charge in [-0.1, -0.05) is 37.3 Å². The lowest BCUT2D eigenvalue weighted by Crippen LogP contribution is -2.40. The Morgan fingerprint density at radius 3 is 2.43 bits per heavy atom. The van der Waals surface area contributed by atoms with Gasteiger partial charge in [-0.3, -0.25) is 4.79 Å². The summed E-state index contributed by atoms with van der Waals surface area (Å²) in [6.07, 6.45) is 2.51. The van der Waals surface area contributed by atoms with Gasteiger partial charge in [-0.05, 0) is 45.9 Å². The number of likely N-dealkylation sites (tertiary alicyclic amines) is 1. The molecule has 1 fully saturated rings. The summed E-state index contributed by atoms with van der Waals surface area (Å²) in [4.78, 5) is 17.1. The minimum Gasteiger partial charge on any atom is -0.309 e. The second-order valence-electron chi connectivity index (χ2n) is 6.64. The molecule has 1 aliphatic rings. The summed E-state index contributed by atoms with van der Waals surface area (Å²) in [5, 5.41) is 0. The normalized spacial score (nSPS) is 18.9. The van der Waals surface area contributed by atoms with Crippen molar-refractivity contribution in [2.75, 3.05) is 40.3 Å². The molecule has 1 aliphatic heterocycles. The maximum Gasteiger partial charge on any atom is 0.166 e. The lowest BCUT2D eigenvalue weighted by Gasteiger charge is -2.34. The zero-order valence-electron chi connectivity index (χ0n) is 13.6. The molecule has 3 nitrogen and oxygen atoms in total. The van der Waals surface area contributed by atoms with Crippen molar-refractivity contribution < 1.29 is 4.79 Å². The monoisotopic (exact) mass is 288 g/mol. The highest BCUT2D eigenvalue weighted by molar-refractivity contribution is 5.97. The Morgan fingerprint density at radius 2 is 1.86 bits per heavy atom. The molecule has 0 amide bonds. The average molecular weight is 288 g/mol. The maximum atomic E-state index is 12.4. The van der Waals surface area contributed by atoms with Crippen molar-refractivity contribution in [2.24, 2.45) is 11.8 Å². The van der Waals surface area contributed by atoms with E-state index in [4.69, 9.17) is 0 Å². The number of rotatable bonds is 6. The largest absolute Gasteiger partial charge is 0.309 e. The van der Waals surface area contributed by atoms with Crippen molar-refractivity contribution in [3.63, 3.8) is 0 Å². The first-order valence-corrected chi connectivity index (χ1v) is 8.02. The van der Waals surface area contributed by atoms with Crippen molar-refractivity contribution in [3.8, 4) is 0 Å². The zero-order valence-corrected chi connectivity index (χ0v) is 13.6. The van der Waals surface area contributed by atoms with E-state index in [1.807, 2.05) is 30.3 Å². The first kappa shape index (κ1) is 16.2. The summed E-state index contributed by atoms with van der Waals surface area (Å²) in [5.74, 6) is 1.17. The third-order valence-electron chi connectivity index (χ3n) is 4.37. The van der Waals surface area contributed by atoms with Gasteiger partial charge in [-0.15, -0.1) is 0 Å². The second kappa shape index (κ2) is 7.71. The Bertz CT molecular complexity index is 436. The molecule has 1 aromatic carbocycles. The van der Waals surface area contributed by atoms with Crippen molar-refractivity contribution in [2.45, 2.75) is 19.8 Å². The Hall–Kier alpha value is -1.19. The topological polar surface area (TPSA) is 23.6 Å². The Kier molecular flexibility index (Phi) is 5.95. The van der Waals surface area contributed by atoms with Crippen molar-refractivity contribution in [3.05, 3.63) is 35.9 Å². The van der Waals surface area contributed by atoms with Crippen molar-refractivity contribution >= 4 is 5.78 Å². The Balaban J connectivity index is 1.79. The molecule has 116 valence electrons. The molecule has 1 aromatic rings. The van der Waals surface area contributed by atoms with Gasteiger partial charge in [0.25, 0.3) is 0 Å². The second-order valence-corrected chi connectivity index (χ2v) is 6.64. The molecule has 0 radical (unpaired) electrons. The summed E-state index contributed by atoms with van der Waals surface area (Å²) in [6.45, 7) is 6.39. The molecule has 0 aliphatic carbocycles. The molecule has 3 heteroatoms. The molecule has 0 N–H and O–H groups in total. The average Bonchev–Trinajstić information content (AvgIpc) is 2.49. The van der Waals surface area contributed by atoms with E-state index in [1.54, 1.807) is 0 Å². The molecule has 0 aromatic heterocycles. The van der Waals surface area contributed by atoms with E-state index in [1.165, 1.54) is 19.4 Å². The van der Waals surface area contributed by atoms with E-state index in [-0.39, 0.29) is 11.7 Å². The molecule has 0 spiro atoms. The first-order valence-electron chi connectivity index (χ1n) is 8.02. The first-order chi connectivity index (χ1) is 10.1. The highest BCUT2D eigenvalue weighted by atomic mass is 16.1. The van der Waals surface area contributed by atoms with Crippen LogP contribution >= 0.6 is 0 Å². The zero-order chi connectivity index (χ0) is 15.2. The third kappa shape index (κ3) is 4.94. The Labute approximate surface area is 128 Å². The van der Waals surface area contributed by atoms with Crippen LogP contribution in [0.25, 0.3) is 0 Å². The van der Waals surface area contributed by atoms with Crippen LogP contribution in [-0.2, 0) is 0 Å². The molecule has 1 heterocycles. The summed E-state index contributed by atoms with van der Waals surface area (Å²) in [6, 6.07) is 9.67. The summed E-state index contributed by atoms with van der Waals surface area (Å²) < 4.78 is 0. The molecule has 0 bridgehead atoms. The van der Waals surface area contributed by atoms with Crippen LogP contribution in [0, 0.1) is 11.8 Å². The number of nitrogens with zero attached hydrogens (tertiary/aromatic N) is 2. The van der Waals surface area contributed by atoms with Crippen LogP contribution in [0.5, 0.6) is 0 Å². The van der Waals surface area contributed by atoms with Gasteiger partial charge in [-0.25, -0.2) is 0 Å². The van der Waals surface area contributed by atoms with Gasteiger partial charge in [0.15, 0.2) is 5.78 Å². The molecule has 1 atom stereocenters. The fourth-order valence-corrected chi connectivity index (χ4v) is 3.23. The van der Waals surface area contributed by atoms with Crippen LogP contribution in [-0.4, -0.2) is 55.9 Å². The minimum atomic E-state index is 0.0813. The van der Waals surface area contributed by atoms with Crippen LogP contribution < -0.4 is 0 Å². The van der Waals surface area contributed by atoms with Gasteiger partial charge >= 0.3 is 0 Å². The smallest absolute Gasteiger partial charge is 0.166 e. The predicted octanol–water partition coefficient (Wildman–Crippen LogP) is 2.78. The minimum absolute atomic E-state index is 0.0813. The standard InChI is InChI=1S/C18H28N2O/c1-15(18(21)17-7-5-4-6-8-17)13-20-11-9-16(10-12-20)14-19(2)3/h4-8,15-16H,9-14H2,1-3H3. The number of benzene rings is 1. The lowest BCUT2D eigenvalue weighted by molar-refractivity contribution is 0.0862. The van der Waals surface area contributed by atoms with Crippen molar-refractivity contribution in [1.29, 1.82) is 0 Å². The number of hydrogen-bond donors (Lipinski definition) is 0. The van der Waals surface area contributed by atoms with Crippen LogP contribution in [0.2, 0.25) is 0 Å². The Morgan fingerprint density at radius 1 is 1.24 bits per heavy atom. The molecule has 1 saturated heterocycles. The van der Waals surface area contributed by atoms with E-state index < -0.39 is 0 Å². The highest BCUT2D eigenvalue weighted by Gasteiger charge is 2.23. The van der Waals surface area contributed by atoms with Crippen molar-refractivity contribution in [1.82, 2.24) is 9.80 Å². The number of ketones is 1. The number of hydrogen-bond acceptors (Lipinski definition) is 3. The summed E-state index contributed by atoms with van der Waals surface area (Å²) >= 11 is 0. The van der Waals surface area contributed by atoms with E-state index in [0.717, 1.165) is 31.1 Å². The fourth-order valence-electron chi connectivity index (χ4n) is 3.23. The van der Waals surface area contributed by atoms with Gasteiger partial charge in [0, 0.05) is 24.6 Å². The number of piperidine rings is 1. The number of carbonyl (C=O) groups is 1. The maximum absolute atomic E-state index is 12.4. The number of Topliss-reactive ketones (excluding diaryl/α,β-unsaturated/α-hetero) is 1. The third-order valence-corrected chi connectivity index (χ3v) is 4.37. The molecule has 21 heavy (non-hydrogen) atoms. The molecular weight excluding hydrogens is 260 g/mol. The van der Waals surface area contributed by atoms with Gasteiger partial charge < -0.3 is 9.80 Å². The predicted molar refractivity (Wildman–Crippen MR) is 87.7 cm³/mol. The lowest BCUT2D eigenvalue weighted by atomic mass is 9.94. The van der Waals surface area contributed by atoms with E-state index >= 15 is 0 Å². The summed E-state index contributed by atoms with van der Waals surface area (Å²) in [5.41, 5.74) is 0.840. The van der Waals surface area contributed by atoms with Crippen LogP contribution in [0.1, 0.15) is 30.1 Å². The van der Waals surface area contributed by atoms with Crippen LogP contribution in [0.3, 0.4) is 0 Å². The van der Waals surface area contributed by atoms with Gasteiger partial charge in [0.2, 0.25) is 0 Å². The molecular formula is C18H28N2O. The molecule has 2 rings (SSSR count). The van der Waals surface area contributed by atoms with Gasteiger partial charge in [0.1, 0.15) is 0 Å². The SMILES string of the molecule is CC(CN1CCC(CN(C)C)CC1)C(=O)c1ccccc1.